The minimum atomic E-state index is -0.966. The number of aromatic nitrogens is 2. The average molecular weight is 503 g/mol. The van der Waals surface area contributed by atoms with Gasteiger partial charge in [0, 0.05) is 58.4 Å². The second-order valence-electron chi connectivity index (χ2n) is 9.44. The number of nitrogens with zero attached hydrogens (tertiary/aromatic N) is 4. The van der Waals surface area contributed by atoms with Gasteiger partial charge in [0.25, 0.3) is 5.56 Å². The topological polar surface area (TPSA) is 97.0 Å². The first-order valence-electron chi connectivity index (χ1n) is 12.4. The van der Waals surface area contributed by atoms with E-state index < -0.39 is 5.97 Å². The van der Waals surface area contributed by atoms with Crippen LogP contribution in [-0.2, 0) is 20.7 Å². The molecule has 0 atom stereocenters. The van der Waals surface area contributed by atoms with E-state index >= 15 is 0 Å². The van der Waals surface area contributed by atoms with Crippen molar-refractivity contribution < 1.29 is 14.6 Å². The molecule has 1 N–H and O–H groups in total. The van der Waals surface area contributed by atoms with Gasteiger partial charge in [-0.25, -0.2) is 9.59 Å². The van der Waals surface area contributed by atoms with Crippen molar-refractivity contribution in [1.29, 1.82) is 0 Å². The number of carboxylic acid groups (broad SMARTS) is 1. The Morgan fingerprint density at radius 2 is 1.73 bits per heavy atom. The zero-order valence-electron chi connectivity index (χ0n) is 21.0. The second-order valence-corrected chi connectivity index (χ2v) is 9.44. The van der Waals surface area contributed by atoms with Gasteiger partial charge in [-0.05, 0) is 41.3 Å². The molecule has 2 aliphatic rings. The largest absolute Gasteiger partial charge is 0.488 e. The van der Waals surface area contributed by atoms with Gasteiger partial charge in [-0.2, -0.15) is 0 Å². The van der Waals surface area contributed by atoms with Crippen molar-refractivity contribution in [3.63, 3.8) is 0 Å². The van der Waals surface area contributed by atoms with Gasteiger partial charge in [0.15, 0.2) is 0 Å². The molecule has 1 saturated heterocycles. The Bertz CT molecular complexity index is 1500. The molecule has 1 fully saturated rings. The number of anilines is 1. The van der Waals surface area contributed by atoms with Crippen LogP contribution in [0, 0.1) is 0 Å². The van der Waals surface area contributed by atoms with E-state index in [0.717, 1.165) is 66.0 Å². The van der Waals surface area contributed by atoms with Crippen LogP contribution in [0.4, 0.5) is 5.82 Å². The summed E-state index contributed by atoms with van der Waals surface area (Å²) in [6, 6.07) is 14.6. The molecule has 9 heteroatoms. The number of carboxylic acids is 1. The summed E-state index contributed by atoms with van der Waals surface area (Å²) in [6.45, 7) is 4.33. The predicted octanol–water partition coefficient (Wildman–Crippen LogP) is 2.32. The zero-order chi connectivity index (χ0) is 26.1. The van der Waals surface area contributed by atoms with Crippen molar-refractivity contribution in [2.45, 2.75) is 13.0 Å². The van der Waals surface area contributed by atoms with Crippen LogP contribution in [0.3, 0.4) is 0 Å². The first-order valence-corrected chi connectivity index (χ1v) is 12.4. The number of benzene rings is 2. The summed E-state index contributed by atoms with van der Waals surface area (Å²) in [4.78, 5) is 40.5. The van der Waals surface area contributed by atoms with Crippen LogP contribution >= 0.6 is 0 Å². The molecule has 0 unspecified atom stereocenters. The Labute approximate surface area is 214 Å². The summed E-state index contributed by atoms with van der Waals surface area (Å²) in [6.07, 6.45) is 2.96. The van der Waals surface area contributed by atoms with Crippen LogP contribution < -0.4 is 20.9 Å². The van der Waals surface area contributed by atoms with Gasteiger partial charge < -0.3 is 14.7 Å². The highest BCUT2D eigenvalue weighted by molar-refractivity contribution is 5.92. The van der Waals surface area contributed by atoms with Gasteiger partial charge >= 0.3 is 11.7 Å². The summed E-state index contributed by atoms with van der Waals surface area (Å²) >= 11 is 0. The van der Waals surface area contributed by atoms with Crippen molar-refractivity contribution in [3.8, 4) is 5.75 Å². The van der Waals surface area contributed by atoms with Gasteiger partial charge in [-0.1, -0.05) is 30.3 Å². The molecule has 192 valence electrons. The molecule has 9 nitrogen and oxygen atoms in total. The number of piperazine rings is 1. The van der Waals surface area contributed by atoms with Gasteiger partial charge in [0.1, 0.15) is 18.2 Å². The SMILES string of the molecule is Cn1c(N2CCN(CC/C=C3/c4ccccc4COc4ccc(C(=O)O)cc43)CC2)cc(=O)n(C)c1=O. The van der Waals surface area contributed by atoms with E-state index in [1.165, 1.54) is 17.7 Å². The highest BCUT2D eigenvalue weighted by Crippen LogP contribution is 2.37. The van der Waals surface area contributed by atoms with Crippen molar-refractivity contribution in [2.24, 2.45) is 14.1 Å². The van der Waals surface area contributed by atoms with Gasteiger partial charge in [-0.15, -0.1) is 0 Å². The molecule has 0 bridgehead atoms. The highest BCUT2D eigenvalue weighted by atomic mass is 16.5. The zero-order valence-corrected chi connectivity index (χ0v) is 21.0. The lowest BCUT2D eigenvalue weighted by molar-refractivity contribution is 0.0697. The molecular weight excluding hydrogens is 472 g/mol. The number of fused-ring (bicyclic) bond motifs is 2. The van der Waals surface area contributed by atoms with Crippen molar-refractivity contribution in [3.05, 3.63) is 97.7 Å². The molecule has 3 heterocycles. The predicted molar refractivity (Wildman–Crippen MR) is 141 cm³/mol. The van der Waals surface area contributed by atoms with E-state index in [9.17, 15) is 19.5 Å². The second kappa shape index (κ2) is 10.1. The lowest BCUT2D eigenvalue weighted by Crippen LogP contribution is -2.49. The van der Waals surface area contributed by atoms with Crippen molar-refractivity contribution in [2.75, 3.05) is 37.6 Å². The number of hydrogen-bond donors (Lipinski definition) is 1. The maximum absolute atomic E-state index is 12.3. The minimum absolute atomic E-state index is 0.230. The van der Waals surface area contributed by atoms with Crippen LogP contribution in [0.1, 0.15) is 33.5 Å². The van der Waals surface area contributed by atoms with Crippen LogP contribution in [-0.4, -0.2) is 57.8 Å². The molecular formula is C28H30N4O5. The Balaban J connectivity index is 1.33. The Hall–Kier alpha value is -4.11. The lowest BCUT2D eigenvalue weighted by atomic mass is 9.92. The summed E-state index contributed by atoms with van der Waals surface area (Å²) in [5, 5.41) is 9.54. The molecule has 1 aromatic heterocycles. The molecule has 0 spiro atoms. The van der Waals surface area contributed by atoms with Crippen molar-refractivity contribution >= 4 is 17.4 Å². The van der Waals surface area contributed by atoms with Gasteiger partial charge in [0.2, 0.25) is 0 Å². The fourth-order valence-electron chi connectivity index (χ4n) is 5.05. The standard InChI is InChI=1S/C28H30N4O5/c1-29-25(17-26(33)30(2)28(29)36)32-14-12-31(13-15-32)11-5-8-22-21-7-4-3-6-20(21)18-37-24-10-9-19(27(34)35)16-23(22)24/h3-4,6-10,16-17H,5,11-15,18H2,1-2H3,(H,34,35)/b22-8-. The smallest absolute Gasteiger partial charge is 0.335 e. The Morgan fingerprint density at radius 3 is 2.49 bits per heavy atom. The third-order valence-corrected chi connectivity index (χ3v) is 7.20. The van der Waals surface area contributed by atoms with E-state index in [4.69, 9.17) is 4.74 Å². The normalized spacial score (nSPS) is 16.6. The van der Waals surface area contributed by atoms with Crippen LogP contribution in [0.25, 0.3) is 5.57 Å². The Kier molecular flexibility index (Phi) is 6.71. The molecule has 0 amide bonds. The molecule has 0 aliphatic carbocycles. The molecule has 5 rings (SSSR count). The number of aromatic carboxylic acids is 1. The fraction of sp³-hybridized carbons (Fsp3) is 0.321. The maximum Gasteiger partial charge on any atom is 0.335 e. The molecule has 2 aromatic carbocycles. The first kappa shape index (κ1) is 24.6. The average Bonchev–Trinajstić information content (AvgIpc) is 3.06. The molecule has 0 radical (unpaired) electrons. The van der Waals surface area contributed by atoms with Crippen molar-refractivity contribution in [1.82, 2.24) is 14.0 Å². The van der Waals surface area contributed by atoms with Gasteiger partial charge in [0.05, 0.1) is 5.56 Å². The number of carbonyl (C=O) groups is 1. The van der Waals surface area contributed by atoms with E-state index in [1.807, 2.05) is 18.2 Å². The summed E-state index contributed by atoms with van der Waals surface area (Å²) in [5.41, 5.74) is 3.51. The van der Waals surface area contributed by atoms with Gasteiger partial charge in [-0.3, -0.25) is 18.8 Å². The summed E-state index contributed by atoms with van der Waals surface area (Å²) in [7, 11) is 3.18. The van der Waals surface area contributed by atoms with E-state index in [0.29, 0.717) is 18.2 Å². The first-order chi connectivity index (χ1) is 17.8. The van der Waals surface area contributed by atoms with E-state index in [-0.39, 0.29) is 16.8 Å². The quantitative estimate of drug-likeness (QED) is 0.572. The number of hydrogen-bond acceptors (Lipinski definition) is 6. The summed E-state index contributed by atoms with van der Waals surface area (Å²) in [5.74, 6) is 0.364. The fourth-order valence-corrected chi connectivity index (χ4v) is 5.05. The monoisotopic (exact) mass is 502 g/mol. The summed E-state index contributed by atoms with van der Waals surface area (Å²) < 4.78 is 8.66. The lowest BCUT2D eigenvalue weighted by Gasteiger charge is -2.36. The maximum atomic E-state index is 12.3. The Morgan fingerprint density at radius 1 is 0.973 bits per heavy atom. The van der Waals surface area contributed by atoms with Crippen LogP contribution in [0.5, 0.6) is 5.75 Å². The molecule has 37 heavy (non-hydrogen) atoms. The number of ether oxygens (including phenoxy) is 1. The minimum Gasteiger partial charge on any atom is -0.488 e. The molecule has 0 saturated carbocycles. The number of rotatable bonds is 5. The molecule has 3 aromatic rings. The third-order valence-electron chi connectivity index (χ3n) is 7.20. The van der Waals surface area contributed by atoms with E-state index in [1.54, 1.807) is 25.2 Å². The highest BCUT2D eigenvalue weighted by Gasteiger charge is 2.22. The van der Waals surface area contributed by atoms with E-state index in [2.05, 4.69) is 21.9 Å². The third kappa shape index (κ3) is 4.82. The molecule has 2 aliphatic heterocycles. The van der Waals surface area contributed by atoms with Crippen LogP contribution in [0.2, 0.25) is 0 Å². The van der Waals surface area contributed by atoms with Crippen LogP contribution in [0.15, 0.2) is 64.2 Å².